The van der Waals surface area contributed by atoms with Gasteiger partial charge in [0.15, 0.2) is 0 Å². The van der Waals surface area contributed by atoms with Crippen molar-refractivity contribution < 1.29 is 4.74 Å². The van der Waals surface area contributed by atoms with E-state index in [0.717, 1.165) is 18.6 Å². The molecule has 112 valence electrons. The fourth-order valence-corrected chi connectivity index (χ4v) is 2.40. The number of nitrogens with two attached hydrogens (primary N) is 1. The normalized spacial score (nSPS) is 14.1. The lowest BCUT2D eigenvalue weighted by atomic mass is 9.96. The van der Waals surface area contributed by atoms with Crippen LogP contribution in [0.2, 0.25) is 0 Å². The van der Waals surface area contributed by atoms with Crippen molar-refractivity contribution in [2.45, 2.75) is 32.4 Å². The van der Waals surface area contributed by atoms with Gasteiger partial charge in [-0.1, -0.05) is 74.5 Å². The van der Waals surface area contributed by atoms with Gasteiger partial charge in [-0.25, -0.2) is 0 Å². The first kappa shape index (κ1) is 15.7. The second-order valence-corrected chi connectivity index (χ2v) is 5.91. The maximum Gasteiger partial charge on any atom is 0.0979 e. The molecular weight excluding hydrogens is 258 g/mol. The van der Waals surface area contributed by atoms with Crippen molar-refractivity contribution in [3.05, 3.63) is 71.8 Å². The molecular formula is C19H25NO. The first-order valence-corrected chi connectivity index (χ1v) is 7.63. The molecule has 2 nitrogen and oxygen atoms in total. The van der Waals surface area contributed by atoms with Gasteiger partial charge in [0.05, 0.1) is 6.10 Å². The molecule has 21 heavy (non-hydrogen) atoms. The second kappa shape index (κ2) is 7.96. The Bertz CT molecular complexity index is 510. The van der Waals surface area contributed by atoms with Crippen molar-refractivity contribution in [1.29, 1.82) is 0 Å². The number of benzene rings is 2. The number of hydrogen-bond acceptors (Lipinski definition) is 2. The van der Waals surface area contributed by atoms with Gasteiger partial charge in [-0.05, 0) is 23.5 Å². The lowest BCUT2D eigenvalue weighted by Crippen LogP contribution is -2.33. The zero-order chi connectivity index (χ0) is 15.1. The van der Waals surface area contributed by atoms with Crippen LogP contribution in [0.5, 0.6) is 0 Å². The third-order valence-corrected chi connectivity index (χ3v) is 3.44. The topological polar surface area (TPSA) is 35.2 Å². The van der Waals surface area contributed by atoms with Crippen LogP contribution in [-0.4, -0.2) is 12.6 Å². The highest BCUT2D eigenvalue weighted by atomic mass is 16.5. The molecule has 0 spiro atoms. The van der Waals surface area contributed by atoms with Crippen LogP contribution >= 0.6 is 0 Å². The van der Waals surface area contributed by atoms with Gasteiger partial charge in [0.2, 0.25) is 0 Å². The summed E-state index contributed by atoms with van der Waals surface area (Å²) in [6, 6.07) is 20.6. The van der Waals surface area contributed by atoms with Gasteiger partial charge in [0.25, 0.3) is 0 Å². The molecule has 2 unspecified atom stereocenters. The van der Waals surface area contributed by atoms with Crippen molar-refractivity contribution in [1.82, 2.24) is 0 Å². The quantitative estimate of drug-likeness (QED) is 0.834. The molecule has 0 aliphatic rings. The highest BCUT2D eigenvalue weighted by Gasteiger charge is 2.21. The number of rotatable bonds is 7. The molecule has 2 aromatic rings. The Kier molecular flexibility index (Phi) is 5.97. The minimum atomic E-state index is -0.0613. The molecule has 0 aliphatic carbocycles. The summed E-state index contributed by atoms with van der Waals surface area (Å²) in [7, 11) is 0. The lowest BCUT2D eigenvalue weighted by molar-refractivity contribution is 0.0185. The van der Waals surface area contributed by atoms with Crippen LogP contribution < -0.4 is 5.73 Å². The van der Waals surface area contributed by atoms with E-state index in [1.165, 1.54) is 5.56 Å². The minimum Gasteiger partial charge on any atom is -0.372 e. The molecule has 2 N–H and O–H groups in total. The SMILES string of the molecule is CC(C)COC(c1ccccc1)C(N)Cc1ccccc1. The van der Waals surface area contributed by atoms with E-state index >= 15 is 0 Å². The van der Waals surface area contributed by atoms with Gasteiger partial charge in [-0.15, -0.1) is 0 Å². The van der Waals surface area contributed by atoms with E-state index in [9.17, 15) is 0 Å². The molecule has 2 atom stereocenters. The van der Waals surface area contributed by atoms with E-state index in [0.29, 0.717) is 5.92 Å². The van der Waals surface area contributed by atoms with E-state index in [1.54, 1.807) is 0 Å². The average molecular weight is 283 g/mol. The van der Waals surface area contributed by atoms with E-state index in [4.69, 9.17) is 10.5 Å². The van der Waals surface area contributed by atoms with Crippen LogP contribution in [0, 0.1) is 5.92 Å². The Morgan fingerprint density at radius 3 is 2.05 bits per heavy atom. The molecule has 0 fully saturated rings. The van der Waals surface area contributed by atoms with Crippen molar-refractivity contribution in [2.75, 3.05) is 6.61 Å². The predicted molar refractivity (Wildman–Crippen MR) is 88.1 cm³/mol. The molecule has 0 heterocycles. The summed E-state index contributed by atoms with van der Waals surface area (Å²) in [5.41, 5.74) is 8.85. The summed E-state index contributed by atoms with van der Waals surface area (Å²) in [4.78, 5) is 0. The zero-order valence-electron chi connectivity index (χ0n) is 12.9. The van der Waals surface area contributed by atoms with Crippen LogP contribution in [0.15, 0.2) is 60.7 Å². The highest BCUT2D eigenvalue weighted by Crippen LogP contribution is 2.23. The van der Waals surface area contributed by atoms with Gasteiger partial charge in [0, 0.05) is 12.6 Å². The summed E-state index contributed by atoms with van der Waals surface area (Å²) in [5, 5.41) is 0. The summed E-state index contributed by atoms with van der Waals surface area (Å²) >= 11 is 0. The van der Waals surface area contributed by atoms with Gasteiger partial charge in [-0.2, -0.15) is 0 Å². The molecule has 0 radical (unpaired) electrons. The smallest absolute Gasteiger partial charge is 0.0979 e. The van der Waals surface area contributed by atoms with E-state index < -0.39 is 0 Å². The van der Waals surface area contributed by atoms with Crippen molar-refractivity contribution in [2.24, 2.45) is 11.7 Å². The first-order valence-electron chi connectivity index (χ1n) is 7.63. The molecule has 0 bridgehead atoms. The molecule has 0 saturated heterocycles. The van der Waals surface area contributed by atoms with E-state index in [1.807, 2.05) is 24.3 Å². The highest BCUT2D eigenvalue weighted by molar-refractivity contribution is 5.22. The van der Waals surface area contributed by atoms with Gasteiger partial charge in [-0.3, -0.25) is 0 Å². The van der Waals surface area contributed by atoms with Crippen LogP contribution in [0.1, 0.15) is 31.1 Å². The summed E-state index contributed by atoms with van der Waals surface area (Å²) in [5.74, 6) is 0.500. The van der Waals surface area contributed by atoms with Crippen LogP contribution in [0.25, 0.3) is 0 Å². The van der Waals surface area contributed by atoms with E-state index in [-0.39, 0.29) is 12.1 Å². The standard InChI is InChI=1S/C19H25NO/c1-15(2)14-21-19(17-11-7-4-8-12-17)18(20)13-16-9-5-3-6-10-16/h3-12,15,18-19H,13-14,20H2,1-2H3. The van der Waals surface area contributed by atoms with Crippen molar-refractivity contribution >= 4 is 0 Å². The maximum atomic E-state index is 6.44. The molecule has 2 rings (SSSR count). The number of hydrogen-bond donors (Lipinski definition) is 1. The summed E-state index contributed by atoms with van der Waals surface area (Å²) in [6.45, 7) is 5.04. The Morgan fingerprint density at radius 1 is 0.905 bits per heavy atom. The van der Waals surface area contributed by atoms with Crippen molar-refractivity contribution in [3.63, 3.8) is 0 Å². The van der Waals surface area contributed by atoms with Gasteiger partial charge >= 0.3 is 0 Å². The maximum absolute atomic E-state index is 6.44. The molecule has 0 aromatic heterocycles. The Hall–Kier alpha value is -1.64. The van der Waals surface area contributed by atoms with Crippen LogP contribution in [-0.2, 0) is 11.2 Å². The monoisotopic (exact) mass is 283 g/mol. The third-order valence-electron chi connectivity index (χ3n) is 3.44. The van der Waals surface area contributed by atoms with E-state index in [2.05, 4.69) is 50.2 Å². The number of ether oxygens (including phenoxy) is 1. The molecule has 2 heteroatoms. The first-order chi connectivity index (χ1) is 10.2. The van der Waals surface area contributed by atoms with Crippen molar-refractivity contribution in [3.8, 4) is 0 Å². The Morgan fingerprint density at radius 2 is 1.48 bits per heavy atom. The van der Waals surface area contributed by atoms with Gasteiger partial charge < -0.3 is 10.5 Å². The average Bonchev–Trinajstić information content (AvgIpc) is 2.49. The zero-order valence-corrected chi connectivity index (χ0v) is 12.9. The van der Waals surface area contributed by atoms with Gasteiger partial charge in [0.1, 0.15) is 0 Å². The summed E-state index contributed by atoms with van der Waals surface area (Å²) in [6.07, 6.45) is 0.757. The minimum absolute atomic E-state index is 0.0476. The Labute approximate surface area is 127 Å². The molecule has 0 aliphatic heterocycles. The lowest BCUT2D eigenvalue weighted by Gasteiger charge is -2.26. The fourth-order valence-electron chi connectivity index (χ4n) is 2.40. The fraction of sp³-hybridized carbons (Fsp3) is 0.368. The van der Waals surface area contributed by atoms with Crippen LogP contribution in [0.3, 0.4) is 0 Å². The molecule has 0 saturated carbocycles. The second-order valence-electron chi connectivity index (χ2n) is 5.91. The summed E-state index contributed by atoms with van der Waals surface area (Å²) < 4.78 is 6.10. The predicted octanol–water partition coefficient (Wildman–Crippen LogP) is 3.97. The third kappa shape index (κ3) is 5.00. The molecule has 0 amide bonds. The Balaban J connectivity index is 2.10. The van der Waals surface area contributed by atoms with Crippen LogP contribution in [0.4, 0.5) is 0 Å². The molecule has 2 aromatic carbocycles. The largest absolute Gasteiger partial charge is 0.372 e.